The number of ether oxygens (including phenoxy) is 1. The largest absolute Gasteiger partial charge is 0.379 e. The first kappa shape index (κ1) is 26.3. The van der Waals surface area contributed by atoms with Gasteiger partial charge in [0.1, 0.15) is 11.9 Å². The summed E-state index contributed by atoms with van der Waals surface area (Å²) in [5, 5.41) is 2.92. The number of nitrogens with one attached hydrogen (secondary N) is 2. The van der Waals surface area contributed by atoms with E-state index in [1.807, 2.05) is 26.8 Å². The van der Waals surface area contributed by atoms with Crippen molar-refractivity contribution in [3.8, 4) is 0 Å². The number of carbonyl (C=O) groups excluding carboxylic acids is 1. The molecule has 0 saturated carbocycles. The average molecular weight is 492 g/mol. The first-order valence-corrected chi connectivity index (χ1v) is 13.1. The Balaban J connectivity index is 1.75. The molecule has 186 valence electrons. The summed E-state index contributed by atoms with van der Waals surface area (Å²) in [7, 11) is -3.87. The summed E-state index contributed by atoms with van der Waals surface area (Å²) >= 11 is 0. The smallest absolute Gasteiger partial charge is 0.241 e. The first-order chi connectivity index (χ1) is 16.2. The number of morpholine rings is 1. The molecule has 0 spiro atoms. The lowest BCUT2D eigenvalue weighted by Gasteiger charge is -2.35. The van der Waals surface area contributed by atoms with Crippen molar-refractivity contribution in [2.75, 3.05) is 32.8 Å². The molecule has 1 fully saturated rings. The number of halogens is 1. The first-order valence-electron chi connectivity index (χ1n) is 11.6. The minimum absolute atomic E-state index is 0.0923. The monoisotopic (exact) mass is 491 g/mol. The number of aryl methyl sites for hydroxylation is 1. The van der Waals surface area contributed by atoms with Gasteiger partial charge >= 0.3 is 0 Å². The molecule has 7 nitrogen and oxygen atoms in total. The van der Waals surface area contributed by atoms with E-state index in [0.29, 0.717) is 32.7 Å². The van der Waals surface area contributed by atoms with Crippen LogP contribution in [0.25, 0.3) is 0 Å². The Hall–Kier alpha value is -2.33. The molecule has 0 aliphatic carbocycles. The summed E-state index contributed by atoms with van der Waals surface area (Å²) in [6, 6.07) is 11.7. The van der Waals surface area contributed by atoms with E-state index in [9.17, 15) is 17.6 Å². The topological polar surface area (TPSA) is 87.7 Å². The molecule has 0 bridgehead atoms. The van der Waals surface area contributed by atoms with Crippen molar-refractivity contribution >= 4 is 15.9 Å². The van der Waals surface area contributed by atoms with E-state index >= 15 is 0 Å². The Bertz CT molecular complexity index is 1050. The number of hydrogen-bond acceptors (Lipinski definition) is 5. The molecule has 1 saturated heterocycles. The van der Waals surface area contributed by atoms with Crippen LogP contribution in [0, 0.1) is 18.7 Å². The third-order valence-corrected chi connectivity index (χ3v) is 7.33. The van der Waals surface area contributed by atoms with E-state index in [1.54, 1.807) is 18.2 Å². The Morgan fingerprint density at radius 1 is 1.12 bits per heavy atom. The van der Waals surface area contributed by atoms with E-state index in [4.69, 9.17) is 4.74 Å². The fourth-order valence-corrected chi connectivity index (χ4v) is 5.24. The summed E-state index contributed by atoms with van der Waals surface area (Å²) in [6.07, 6.45) is 0.346. The van der Waals surface area contributed by atoms with Crippen molar-refractivity contribution in [1.29, 1.82) is 0 Å². The second kappa shape index (κ2) is 11.9. The average Bonchev–Trinajstić information content (AvgIpc) is 2.79. The van der Waals surface area contributed by atoms with Crippen LogP contribution in [0.3, 0.4) is 0 Å². The molecule has 0 aromatic heterocycles. The highest BCUT2D eigenvalue weighted by atomic mass is 32.2. The van der Waals surface area contributed by atoms with Crippen molar-refractivity contribution in [1.82, 2.24) is 14.9 Å². The second-order valence-electron chi connectivity index (χ2n) is 9.08. The SMILES string of the molecule is Cc1ccc(S(=O)(=O)NC(CC(C)C)C(=O)NCC(c2cccc(F)c2)N2CCOCC2)cc1. The van der Waals surface area contributed by atoms with Gasteiger partial charge < -0.3 is 10.1 Å². The zero-order valence-electron chi connectivity index (χ0n) is 20.0. The zero-order valence-corrected chi connectivity index (χ0v) is 20.8. The molecule has 3 rings (SSSR count). The normalized spacial score (nSPS) is 16.9. The Morgan fingerprint density at radius 3 is 2.41 bits per heavy atom. The van der Waals surface area contributed by atoms with Gasteiger partial charge in [0.2, 0.25) is 15.9 Å². The lowest BCUT2D eigenvalue weighted by atomic mass is 10.0. The molecule has 2 unspecified atom stereocenters. The van der Waals surface area contributed by atoms with Gasteiger partial charge in [-0.25, -0.2) is 12.8 Å². The molecule has 2 aromatic carbocycles. The zero-order chi connectivity index (χ0) is 24.7. The van der Waals surface area contributed by atoms with Gasteiger partial charge in [-0.2, -0.15) is 4.72 Å². The summed E-state index contributed by atoms with van der Waals surface area (Å²) in [4.78, 5) is 15.4. The van der Waals surface area contributed by atoms with Crippen LogP contribution in [0.15, 0.2) is 53.4 Å². The van der Waals surface area contributed by atoms with Gasteiger partial charge in [0.05, 0.1) is 24.2 Å². The highest BCUT2D eigenvalue weighted by Crippen LogP contribution is 2.22. The standard InChI is InChI=1S/C25H34FN3O4S/c1-18(2)15-23(28-34(31,32)22-9-7-19(3)8-10-22)25(30)27-17-24(29-11-13-33-14-12-29)20-5-4-6-21(26)16-20/h4-10,16,18,23-24,28H,11-15,17H2,1-3H3,(H,27,30). The van der Waals surface area contributed by atoms with Gasteiger partial charge in [-0.3, -0.25) is 9.69 Å². The van der Waals surface area contributed by atoms with Gasteiger partial charge in [-0.05, 0) is 49.1 Å². The molecular weight excluding hydrogens is 457 g/mol. The predicted octanol–water partition coefficient (Wildman–Crippen LogP) is 3.02. The van der Waals surface area contributed by atoms with Crippen molar-refractivity contribution in [2.24, 2.45) is 5.92 Å². The molecule has 34 heavy (non-hydrogen) atoms. The van der Waals surface area contributed by atoms with Crippen LogP contribution in [0.1, 0.15) is 37.4 Å². The molecule has 1 heterocycles. The predicted molar refractivity (Wildman–Crippen MR) is 129 cm³/mol. The van der Waals surface area contributed by atoms with E-state index in [2.05, 4.69) is 14.9 Å². The van der Waals surface area contributed by atoms with E-state index < -0.39 is 22.0 Å². The summed E-state index contributed by atoms with van der Waals surface area (Å²) in [6.45, 7) is 8.41. The number of rotatable bonds is 10. The Labute approximate surface area is 201 Å². The second-order valence-corrected chi connectivity index (χ2v) is 10.8. The number of nitrogens with zero attached hydrogens (tertiary/aromatic N) is 1. The Morgan fingerprint density at radius 2 is 1.79 bits per heavy atom. The molecule has 9 heteroatoms. The lowest BCUT2D eigenvalue weighted by Crippen LogP contribution is -2.50. The number of hydrogen-bond donors (Lipinski definition) is 2. The van der Waals surface area contributed by atoms with E-state index in [1.165, 1.54) is 24.3 Å². The van der Waals surface area contributed by atoms with Crippen LogP contribution >= 0.6 is 0 Å². The minimum Gasteiger partial charge on any atom is -0.379 e. The summed E-state index contributed by atoms with van der Waals surface area (Å²) in [5.74, 6) is -0.653. The van der Waals surface area contributed by atoms with E-state index in [0.717, 1.165) is 11.1 Å². The van der Waals surface area contributed by atoms with Crippen LogP contribution in [-0.2, 0) is 19.6 Å². The quantitative estimate of drug-likeness (QED) is 0.534. The summed E-state index contributed by atoms with van der Waals surface area (Å²) < 4.78 is 47.8. The maximum atomic E-state index is 13.9. The molecule has 0 radical (unpaired) electrons. The number of amides is 1. The molecule has 1 amide bonds. The van der Waals surface area contributed by atoms with Crippen molar-refractivity contribution in [2.45, 2.75) is 44.2 Å². The van der Waals surface area contributed by atoms with Crippen molar-refractivity contribution in [3.63, 3.8) is 0 Å². The van der Waals surface area contributed by atoms with Crippen LogP contribution in [0.5, 0.6) is 0 Å². The van der Waals surface area contributed by atoms with Crippen LogP contribution in [-0.4, -0.2) is 58.1 Å². The van der Waals surface area contributed by atoms with Gasteiger partial charge in [-0.1, -0.05) is 43.7 Å². The van der Waals surface area contributed by atoms with Gasteiger partial charge in [0.25, 0.3) is 0 Å². The molecule has 1 aliphatic rings. The maximum absolute atomic E-state index is 13.9. The molecule has 1 aliphatic heterocycles. The molecule has 2 aromatic rings. The highest BCUT2D eigenvalue weighted by molar-refractivity contribution is 7.89. The molecule has 2 atom stereocenters. The van der Waals surface area contributed by atoms with Crippen molar-refractivity contribution in [3.05, 3.63) is 65.5 Å². The third kappa shape index (κ3) is 7.33. The lowest BCUT2D eigenvalue weighted by molar-refractivity contribution is -0.123. The fraction of sp³-hybridized carbons (Fsp3) is 0.480. The number of carbonyl (C=O) groups is 1. The van der Waals surface area contributed by atoms with Crippen LogP contribution in [0.2, 0.25) is 0 Å². The number of sulfonamides is 1. The van der Waals surface area contributed by atoms with Crippen LogP contribution < -0.4 is 10.0 Å². The highest BCUT2D eigenvalue weighted by Gasteiger charge is 2.29. The third-order valence-electron chi connectivity index (χ3n) is 5.84. The van der Waals surface area contributed by atoms with E-state index in [-0.39, 0.29) is 29.2 Å². The summed E-state index contributed by atoms with van der Waals surface area (Å²) in [5.41, 5.74) is 1.70. The minimum atomic E-state index is -3.87. The van der Waals surface area contributed by atoms with Gasteiger partial charge in [0.15, 0.2) is 0 Å². The maximum Gasteiger partial charge on any atom is 0.241 e. The van der Waals surface area contributed by atoms with Gasteiger partial charge in [-0.15, -0.1) is 0 Å². The fourth-order valence-electron chi connectivity index (χ4n) is 4.03. The Kier molecular flexibility index (Phi) is 9.18. The molecule has 2 N–H and O–H groups in total. The van der Waals surface area contributed by atoms with Crippen LogP contribution in [0.4, 0.5) is 4.39 Å². The van der Waals surface area contributed by atoms with Gasteiger partial charge in [0, 0.05) is 19.6 Å². The molecular formula is C25H34FN3O4S. The van der Waals surface area contributed by atoms with Crippen molar-refractivity contribution < 1.29 is 22.3 Å². The number of benzene rings is 2.